The van der Waals surface area contributed by atoms with E-state index < -0.39 is 5.60 Å². The summed E-state index contributed by atoms with van der Waals surface area (Å²) in [6.07, 6.45) is 8.76. The van der Waals surface area contributed by atoms with Gasteiger partial charge in [-0.15, -0.1) is 0 Å². The standard InChI is InChI=1S/C19H24O2/c1-15-9-12-17(13-10-15)19(2,3)21-18(20)14-11-16-7-5-4-6-8-16/h4-9,11,14,17H,10,12-13H2,1-3H3/b14-11-. The van der Waals surface area contributed by atoms with Gasteiger partial charge in [-0.05, 0) is 51.7 Å². The number of carbonyl (C=O) groups excluding carboxylic acids is 1. The van der Waals surface area contributed by atoms with Crippen molar-refractivity contribution >= 4 is 12.0 Å². The molecule has 0 N–H and O–H groups in total. The van der Waals surface area contributed by atoms with E-state index in [1.54, 1.807) is 6.08 Å². The highest BCUT2D eigenvalue weighted by atomic mass is 16.6. The van der Waals surface area contributed by atoms with Crippen LogP contribution in [0.25, 0.3) is 6.08 Å². The second-order valence-electron chi connectivity index (χ2n) is 6.29. The Bertz CT molecular complexity index is 538. The van der Waals surface area contributed by atoms with Crippen LogP contribution in [0, 0.1) is 5.92 Å². The van der Waals surface area contributed by atoms with E-state index in [0.29, 0.717) is 5.92 Å². The average molecular weight is 284 g/mol. The molecule has 0 aromatic heterocycles. The van der Waals surface area contributed by atoms with Gasteiger partial charge in [-0.2, -0.15) is 0 Å². The molecular formula is C19H24O2. The molecule has 2 nitrogen and oxygen atoms in total. The lowest BCUT2D eigenvalue weighted by Crippen LogP contribution is -2.37. The smallest absolute Gasteiger partial charge is 0.331 e. The van der Waals surface area contributed by atoms with Crippen molar-refractivity contribution < 1.29 is 9.53 Å². The molecular weight excluding hydrogens is 260 g/mol. The molecule has 2 heteroatoms. The molecule has 0 saturated carbocycles. The first-order valence-electron chi connectivity index (χ1n) is 7.59. The Morgan fingerprint density at radius 3 is 2.62 bits per heavy atom. The van der Waals surface area contributed by atoms with Gasteiger partial charge in [-0.1, -0.05) is 42.0 Å². The molecule has 0 saturated heterocycles. The van der Waals surface area contributed by atoms with Gasteiger partial charge in [-0.25, -0.2) is 4.79 Å². The number of benzene rings is 1. The van der Waals surface area contributed by atoms with Crippen LogP contribution in [-0.4, -0.2) is 11.6 Å². The van der Waals surface area contributed by atoms with Crippen molar-refractivity contribution in [2.75, 3.05) is 0 Å². The highest BCUT2D eigenvalue weighted by Gasteiger charge is 2.33. The summed E-state index contributed by atoms with van der Waals surface area (Å²) < 4.78 is 5.68. The number of hydrogen-bond acceptors (Lipinski definition) is 2. The molecule has 0 amide bonds. The van der Waals surface area contributed by atoms with Gasteiger partial charge in [0.2, 0.25) is 0 Å². The topological polar surface area (TPSA) is 26.3 Å². The molecule has 1 aliphatic carbocycles. The third-order valence-electron chi connectivity index (χ3n) is 4.20. The fourth-order valence-electron chi connectivity index (χ4n) is 2.70. The fraction of sp³-hybridized carbons (Fsp3) is 0.421. The molecule has 1 aromatic carbocycles. The number of esters is 1. The third kappa shape index (κ3) is 4.59. The highest BCUT2D eigenvalue weighted by molar-refractivity contribution is 5.87. The lowest BCUT2D eigenvalue weighted by atomic mass is 9.79. The molecule has 1 atom stereocenters. The molecule has 0 radical (unpaired) electrons. The Labute approximate surface area is 127 Å². The number of allylic oxidation sites excluding steroid dienone is 2. The van der Waals surface area contributed by atoms with Gasteiger partial charge < -0.3 is 4.74 Å². The summed E-state index contributed by atoms with van der Waals surface area (Å²) in [6.45, 7) is 6.19. The van der Waals surface area contributed by atoms with Crippen molar-refractivity contribution in [3.63, 3.8) is 0 Å². The van der Waals surface area contributed by atoms with Crippen LogP contribution in [0.1, 0.15) is 45.6 Å². The summed E-state index contributed by atoms with van der Waals surface area (Å²) in [5.41, 5.74) is 2.02. The minimum Gasteiger partial charge on any atom is -0.456 e. The molecule has 0 fully saturated rings. The zero-order chi connectivity index (χ0) is 15.3. The highest BCUT2D eigenvalue weighted by Crippen LogP contribution is 2.34. The Hall–Kier alpha value is -1.83. The molecule has 1 aliphatic rings. The molecule has 21 heavy (non-hydrogen) atoms. The van der Waals surface area contributed by atoms with E-state index in [-0.39, 0.29) is 5.97 Å². The van der Waals surface area contributed by atoms with Crippen LogP contribution >= 0.6 is 0 Å². The molecule has 0 heterocycles. The van der Waals surface area contributed by atoms with E-state index in [1.165, 1.54) is 11.6 Å². The minimum absolute atomic E-state index is 0.268. The molecule has 0 aliphatic heterocycles. The van der Waals surface area contributed by atoms with E-state index >= 15 is 0 Å². The predicted molar refractivity (Wildman–Crippen MR) is 86.7 cm³/mol. The monoisotopic (exact) mass is 284 g/mol. The summed E-state index contributed by atoms with van der Waals surface area (Å²) in [7, 11) is 0. The Morgan fingerprint density at radius 2 is 2.00 bits per heavy atom. The first-order chi connectivity index (χ1) is 9.97. The zero-order valence-electron chi connectivity index (χ0n) is 13.1. The SMILES string of the molecule is CC1=CCC(C(C)(C)OC(=O)/C=C\c2ccccc2)CC1. The first-order valence-corrected chi connectivity index (χ1v) is 7.59. The maximum absolute atomic E-state index is 12.0. The first kappa shape index (κ1) is 15.6. The normalized spacial score (nSPS) is 19.4. The van der Waals surface area contributed by atoms with Crippen molar-refractivity contribution in [1.82, 2.24) is 0 Å². The van der Waals surface area contributed by atoms with Gasteiger partial charge in [0.1, 0.15) is 5.60 Å². The van der Waals surface area contributed by atoms with Crippen molar-refractivity contribution in [2.45, 2.75) is 45.6 Å². The second kappa shape index (κ2) is 6.75. The maximum atomic E-state index is 12.0. The Kier molecular flexibility index (Phi) is 5.00. The van der Waals surface area contributed by atoms with Crippen molar-refractivity contribution in [1.29, 1.82) is 0 Å². The predicted octanol–water partition coefficient (Wildman–Crippen LogP) is 4.77. The van der Waals surface area contributed by atoms with Crippen LogP contribution < -0.4 is 0 Å². The third-order valence-corrected chi connectivity index (χ3v) is 4.20. The van der Waals surface area contributed by atoms with Crippen molar-refractivity contribution in [2.24, 2.45) is 5.92 Å². The van der Waals surface area contributed by atoms with Crippen molar-refractivity contribution in [3.8, 4) is 0 Å². The van der Waals surface area contributed by atoms with Gasteiger partial charge in [-0.3, -0.25) is 0 Å². The molecule has 1 aromatic rings. The van der Waals surface area contributed by atoms with E-state index in [4.69, 9.17) is 4.74 Å². The van der Waals surface area contributed by atoms with Gasteiger partial charge in [0, 0.05) is 12.0 Å². The van der Waals surface area contributed by atoms with Crippen LogP contribution in [-0.2, 0) is 9.53 Å². The summed E-state index contributed by atoms with van der Waals surface area (Å²) in [4.78, 5) is 12.0. The Morgan fingerprint density at radius 1 is 1.29 bits per heavy atom. The van der Waals surface area contributed by atoms with E-state index in [1.807, 2.05) is 44.2 Å². The zero-order valence-corrected chi connectivity index (χ0v) is 13.1. The lowest BCUT2D eigenvalue weighted by molar-refractivity contribution is -0.155. The molecule has 0 spiro atoms. The van der Waals surface area contributed by atoms with Gasteiger partial charge in [0.15, 0.2) is 0 Å². The second-order valence-corrected chi connectivity index (χ2v) is 6.29. The van der Waals surface area contributed by atoms with Crippen LogP contribution in [0.4, 0.5) is 0 Å². The maximum Gasteiger partial charge on any atom is 0.331 e. The van der Waals surface area contributed by atoms with Crippen LogP contribution in [0.2, 0.25) is 0 Å². The molecule has 0 bridgehead atoms. The minimum atomic E-state index is -0.421. The summed E-state index contributed by atoms with van der Waals surface area (Å²) >= 11 is 0. The van der Waals surface area contributed by atoms with E-state index in [2.05, 4.69) is 13.0 Å². The van der Waals surface area contributed by atoms with Crippen molar-refractivity contribution in [3.05, 3.63) is 53.6 Å². The quantitative estimate of drug-likeness (QED) is 0.452. The van der Waals surface area contributed by atoms with E-state index in [9.17, 15) is 4.79 Å². The molecule has 2 rings (SSSR count). The van der Waals surface area contributed by atoms with Gasteiger partial charge in [0.05, 0.1) is 0 Å². The summed E-state index contributed by atoms with van der Waals surface area (Å²) in [5, 5.41) is 0. The number of carbonyl (C=O) groups is 1. The van der Waals surface area contributed by atoms with Crippen LogP contribution in [0.15, 0.2) is 48.1 Å². The lowest BCUT2D eigenvalue weighted by Gasteiger charge is -2.35. The fourth-order valence-corrected chi connectivity index (χ4v) is 2.70. The average Bonchev–Trinajstić information content (AvgIpc) is 2.46. The van der Waals surface area contributed by atoms with E-state index in [0.717, 1.165) is 24.8 Å². The van der Waals surface area contributed by atoms with Crippen LogP contribution in [0.5, 0.6) is 0 Å². The van der Waals surface area contributed by atoms with Gasteiger partial charge in [0.25, 0.3) is 0 Å². The summed E-state index contributed by atoms with van der Waals surface area (Å²) in [5.74, 6) is 0.130. The van der Waals surface area contributed by atoms with Gasteiger partial charge >= 0.3 is 5.97 Å². The number of rotatable bonds is 4. The number of ether oxygens (including phenoxy) is 1. The molecule has 112 valence electrons. The van der Waals surface area contributed by atoms with Crippen LogP contribution in [0.3, 0.4) is 0 Å². The number of hydrogen-bond donors (Lipinski definition) is 0. The Balaban J connectivity index is 1.93. The summed E-state index contributed by atoms with van der Waals surface area (Å²) in [6, 6.07) is 9.78. The molecule has 1 unspecified atom stereocenters. The largest absolute Gasteiger partial charge is 0.456 e.